The normalized spacial score (nSPS) is 16.9. The molecule has 120 valence electrons. The summed E-state index contributed by atoms with van der Waals surface area (Å²) in [5.41, 5.74) is 6.87. The summed E-state index contributed by atoms with van der Waals surface area (Å²) < 4.78 is 0. The summed E-state index contributed by atoms with van der Waals surface area (Å²) in [6.45, 7) is 3.72. The first-order valence-electron chi connectivity index (χ1n) is 7.86. The highest BCUT2D eigenvalue weighted by Crippen LogP contribution is 2.40. The molecule has 0 radical (unpaired) electrons. The maximum atomic E-state index is 12.1. The van der Waals surface area contributed by atoms with E-state index in [1.807, 2.05) is 44.2 Å². The third kappa shape index (κ3) is 4.56. The van der Waals surface area contributed by atoms with Gasteiger partial charge in [0, 0.05) is 0 Å². The standard InChI is InChI=1S/C17H25N3O2/c1-11(2)15(18)17(22)19-10-14(21)20-16(13-8-9-13)12-6-4-3-5-7-12/h3-7,11,13,15-16H,8-10,18H2,1-2H3,(H,19,22)(H,20,21)/t15-,16?/m0/s1. The quantitative estimate of drug-likeness (QED) is 0.711. The summed E-state index contributed by atoms with van der Waals surface area (Å²) in [7, 11) is 0. The minimum absolute atomic E-state index is 0.0318. The summed E-state index contributed by atoms with van der Waals surface area (Å²) in [5.74, 6) is 0.0875. The lowest BCUT2D eigenvalue weighted by atomic mass is 10.0. The molecule has 1 aromatic rings. The van der Waals surface area contributed by atoms with Crippen LogP contribution in [-0.4, -0.2) is 24.4 Å². The summed E-state index contributed by atoms with van der Waals surface area (Å²) in [6.07, 6.45) is 2.26. The number of benzene rings is 1. The summed E-state index contributed by atoms with van der Waals surface area (Å²) in [4.78, 5) is 23.9. The van der Waals surface area contributed by atoms with Crippen LogP contribution in [0.3, 0.4) is 0 Å². The van der Waals surface area contributed by atoms with E-state index in [1.54, 1.807) is 0 Å². The average Bonchev–Trinajstić information content (AvgIpc) is 3.35. The van der Waals surface area contributed by atoms with Gasteiger partial charge in [-0.05, 0) is 30.2 Å². The molecule has 5 heteroatoms. The van der Waals surface area contributed by atoms with Gasteiger partial charge < -0.3 is 16.4 Å². The number of carbonyl (C=O) groups is 2. The van der Waals surface area contributed by atoms with Gasteiger partial charge in [-0.15, -0.1) is 0 Å². The van der Waals surface area contributed by atoms with Gasteiger partial charge in [0.25, 0.3) is 0 Å². The molecule has 0 bridgehead atoms. The molecule has 1 fully saturated rings. The maximum Gasteiger partial charge on any atom is 0.239 e. The van der Waals surface area contributed by atoms with Crippen LogP contribution < -0.4 is 16.4 Å². The zero-order valence-electron chi connectivity index (χ0n) is 13.2. The Kier molecular flexibility index (Phi) is 5.55. The summed E-state index contributed by atoms with van der Waals surface area (Å²) >= 11 is 0. The number of nitrogens with two attached hydrogens (primary N) is 1. The van der Waals surface area contributed by atoms with E-state index in [-0.39, 0.29) is 30.3 Å². The molecular weight excluding hydrogens is 278 g/mol. The van der Waals surface area contributed by atoms with Crippen molar-refractivity contribution in [1.82, 2.24) is 10.6 Å². The van der Waals surface area contributed by atoms with Crippen molar-refractivity contribution in [2.24, 2.45) is 17.6 Å². The minimum atomic E-state index is -0.582. The highest BCUT2D eigenvalue weighted by atomic mass is 16.2. The molecule has 2 amide bonds. The van der Waals surface area contributed by atoms with Crippen LogP contribution in [0.5, 0.6) is 0 Å². The summed E-state index contributed by atoms with van der Waals surface area (Å²) in [5, 5.41) is 5.63. The van der Waals surface area contributed by atoms with E-state index < -0.39 is 6.04 Å². The van der Waals surface area contributed by atoms with E-state index in [4.69, 9.17) is 5.73 Å². The number of nitrogens with one attached hydrogen (secondary N) is 2. The Balaban J connectivity index is 1.86. The first-order valence-corrected chi connectivity index (χ1v) is 7.86. The maximum absolute atomic E-state index is 12.1. The second-order valence-electron chi connectivity index (χ2n) is 6.28. The van der Waals surface area contributed by atoms with Crippen LogP contribution in [0.2, 0.25) is 0 Å². The highest BCUT2D eigenvalue weighted by molar-refractivity contribution is 5.87. The Labute approximate surface area is 131 Å². The lowest BCUT2D eigenvalue weighted by Crippen LogP contribution is -2.47. The third-order valence-corrected chi connectivity index (χ3v) is 4.01. The molecule has 0 heterocycles. The van der Waals surface area contributed by atoms with Gasteiger partial charge in [-0.3, -0.25) is 9.59 Å². The predicted molar refractivity (Wildman–Crippen MR) is 85.9 cm³/mol. The van der Waals surface area contributed by atoms with E-state index in [0.29, 0.717) is 5.92 Å². The molecule has 2 rings (SSSR count). The van der Waals surface area contributed by atoms with Crippen molar-refractivity contribution in [2.75, 3.05) is 6.54 Å². The smallest absolute Gasteiger partial charge is 0.239 e. The lowest BCUT2D eigenvalue weighted by Gasteiger charge is -2.20. The van der Waals surface area contributed by atoms with Crippen LogP contribution in [0, 0.1) is 11.8 Å². The molecule has 0 aliphatic heterocycles. The molecule has 1 aromatic carbocycles. The molecule has 0 spiro atoms. The Morgan fingerprint density at radius 1 is 1.23 bits per heavy atom. The zero-order valence-corrected chi connectivity index (χ0v) is 13.2. The van der Waals surface area contributed by atoms with Crippen molar-refractivity contribution in [2.45, 2.75) is 38.8 Å². The van der Waals surface area contributed by atoms with Crippen LogP contribution in [0.15, 0.2) is 30.3 Å². The molecule has 5 nitrogen and oxygen atoms in total. The fourth-order valence-electron chi connectivity index (χ4n) is 2.38. The van der Waals surface area contributed by atoms with Crippen LogP contribution in [-0.2, 0) is 9.59 Å². The van der Waals surface area contributed by atoms with E-state index >= 15 is 0 Å². The number of carbonyl (C=O) groups excluding carboxylic acids is 2. The van der Waals surface area contributed by atoms with Crippen molar-refractivity contribution in [3.63, 3.8) is 0 Å². The van der Waals surface area contributed by atoms with Crippen molar-refractivity contribution >= 4 is 11.8 Å². The molecular formula is C17H25N3O2. The third-order valence-electron chi connectivity index (χ3n) is 4.01. The average molecular weight is 303 g/mol. The molecule has 0 aromatic heterocycles. The SMILES string of the molecule is CC(C)[C@H](N)C(=O)NCC(=O)NC(c1ccccc1)C1CC1. The van der Waals surface area contributed by atoms with Crippen molar-refractivity contribution in [3.05, 3.63) is 35.9 Å². The monoisotopic (exact) mass is 303 g/mol. The van der Waals surface area contributed by atoms with Gasteiger partial charge in [-0.2, -0.15) is 0 Å². The van der Waals surface area contributed by atoms with Crippen LogP contribution in [0.4, 0.5) is 0 Å². The number of hydrogen-bond donors (Lipinski definition) is 3. The Morgan fingerprint density at radius 3 is 2.41 bits per heavy atom. The first kappa shape index (κ1) is 16.5. The Bertz CT molecular complexity index is 512. The van der Waals surface area contributed by atoms with Gasteiger partial charge in [-0.1, -0.05) is 44.2 Å². The fraction of sp³-hybridized carbons (Fsp3) is 0.529. The zero-order chi connectivity index (χ0) is 16.1. The summed E-state index contributed by atoms with van der Waals surface area (Å²) in [6, 6.07) is 9.40. The van der Waals surface area contributed by atoms with Gasteiger partial charge in [0.15, 0.2) is 0 Å². The van der Waals surface area contributed by atoms with Crippen molar-refractivity contribution in [1.29, 1.82) is 0 Å². The molecule has 1 saturated carbocycles. The predicted octanol–water partition coefficient (Wildman–Crippen LogP) is 1.35. The molecule has 4 N–H and O–H groups in total. The number of amides is 2. The Hall–Kier alpha value is -1.88. The molecule has 0 saturated heterocycles. The van der Waals surface area contributed by atoms with Crippen LogP contribution >= 0.6 is 0 Å². The van der Waals surface area contributed by atoms with E-state index in [2.05, 4.69) is 10.6 Å². The first-order chi connectivity index (χ1) is 10.5. The van der Waals surface area contributed by atoms with Crippen LogP contribution in [0.25, 0.3) is 0 Å². The molecule has 1 aliphatic rings. The molecule has 1 aliphatic carbocycles. The second kappa shape index (κ2) is 7.40. The molecule has 2 atom stereocenters. The van der Waals surface area contributed by atoms with Crippen LogP contribution in [0.1, 0.15) is 38.3 Å². The van der Waals surface area contributed by atoms with Gasteiger partial charge in [0.1, 0.15) is 0 Å². The van der Waals surface area contributed by atoms with Gasteiger partial charge in [0.2, 0.25) is 11.8 Å². The minimum Gasteiger partial charge on any atom is -0.347 e. The Morgan fingerprint density at radius 2 is 1.86 bits per heavy atom. The fourth-order valence-corrected chi connectivity index (χ4v) is 2.38. The van der Waals surface area contributed by atoms with E-state index in [1.165, 1.54) is 0 Å². The van der Waals surface area contributed by atoms with Gasteiger partial charge >= 0.3 is 0 Å². The highest BCUT2D eigenvalue weighted by Gasteiger charge is 2.33. The van der Waals surface area contributed by atoms with Gasteiger partial charge in [0.05, 0.1) is 18.6 Å². The van der Waals surface area contributed by atoms with E-state index in [0.717, 1.165) is 18.4 Å². The number of hydrogen-bond acceptors (Lipinski definition) is 3. The number of rotatable bonds is 7. The van der Waals surface area contributed by atoms with E-state index in [9.17, 15) is 9.59 Å². The second-order valence-corrected chi connectivity index (χ2v) is 6.28. The topological polar surface area (TPSA) is 84.2 Å². The lowest BCUT2D eigenvalue weighted by molar-refractivity contribution is -0.127. The molecule has 22 heavy (non-hydrogen) atoms. The van der Waals surface area contributed by atoms with Gasteiger partial charge in [-0.25, -0.2) is 0 Å². The largest absolute Gasteiger partial charge is 0.347 e. The van der Waals surface area contributed by atoms with Crippen molar-refractivity contribution in [3.8, 4) is 0 Å². The molecule has 1 unspecified atom stereocenters. The van der Waals surface area contributed by atoms with Crippen molar-refractivity contribution < 1.29 is 9.59 Å².